The van der Waals surface area contributed by atoms with Crippen molar-refractivity contribution >= 4 is 0 Å². The number of hydrogen-bond donors (Lipinski definition) is 1. The maximum Gasteiger partial charge on any atom is 0.127 e. The SMILES string of the molecule is N#Cc1ccccc1COc1cc(F)cc(CCN)c1. The first-order valence-corrected chi connectivity index (χ1v) is 6.33. The van der Waals surface area contributed by atoms with Gasteiger partial charge in [-0.3, -0.25) is 0 Å². The van der Waals surface area contributed by atoms with E-state index in [4.69, 9.17) is 15.7 Å². The molecule has 4 heteroatoms. The van der Waals surface area contributed by atoms with Crippen molar-refractivity contribution < 1.29 is 9.13 Å². The second kappa shape index (κ2) is 6.69. The molecule has 0 bridgehead atoms. The van der Waals surface area contributed by atoms with Crippen LogP contribution in [-0.2, 0) is 13.0 Å². The Bertz CT molecular complexity index is 635. The Morgan fingerprint density at radius 3 is 2.75 bits per heavy atom. The van der Waals surface area contributed by atoms with E-state index < -0.39 is 0 Å². The van der Waals surface area contributed by atoms with Crippen LogP contribution in [0.4, 0.5) is 4.39 Å². The summed E-state index contributed by atoms with van der Waals surface area (Å²) in [6.07, 6.45) is 0.600. The summed E-state index contributed by atoms with van der Waals surface area (Å²) in [5, 5.41) is 8.99. The van der Waals surface area contributed by atoms with Crippen LogP contribution in [0.1, 0.15) is 16.7 Å². The van der Waals surface area contributed by atoms with E-state index in [0.29, 0.717) is 24.3 Å². The van der Waals surface area contributed by atoms with Gasteiger partial charge in [-0.15, -0.1) is 0 Å². The maximum absolute atomic E-state index is 13.4. The second-order valence-electron chi connectivity index (χ2n) is 4.39. The average molecular weight is 270 g/mol. The number of nitriles is 1. The van der Waals surface area contributed by atoms with E-state index in [-0.39, 0.29) is 12.4 Å². The van der Waals surface area contributed by atoms with E-state index in [2.05, 4.69) is 6.07 Å². The molecule has 2 aromatic rings. The molecule has 102 valence electrons. The van der Waals surface area contributed by atoms with Crippen LogP contribution >= 0.6 is 0 Å². The molecule has 2 rings (SSSR count). The largest absolute Gasteiger partial charge is 0.489 e. The summed E-state index contributed by atoms with van der Waals surface area (Å²) in [5.74, 6) is 0.0979. The number of benzene rings is 2. The van der Waals surface area contributed by atoms with Gasteiger partial charge in [0.05, 0.1) is 11.6 Å². The van der Waals surface area contributed by atoms with Crippen molar-refractivity contribution in [2.24, 2.45) is 5.73 Å². The monoisotopic (exact) mass is 270 g/mol. The Hall–Kier alpha value is -2.38. The van der Waals surface area contributed by atoms with Gasteiger partial charge in [-0.05, 0) is 36.7 Å². The second-order valence-corrected chi connectivity index (χ2v) is 4.39. The molecule has 0 aliphatic heterocycles. The first kappa shape index (κ1) is 14.0. The summed E-state index contributed by atoms with van der Waals surface area (Å²) in [7, 11) is 0. The number of ether oxygens (including phenoxy) is 1. The summed E-state index contributed by atoms with van der Waals surface area (Å²) < 4.78 is 19.0. The normalized spacial score (nSPS) is 10.1. The Balaban J connectivity index is 2.13. The lowest BCUT2D eigenvalue weighted by molar-refractivity contribution is 0.304. The van der Waals surface area contributed by atoms with E-state index >= 15 is 0 Å². The van der Waals surface area contributed by atoms with Crippen molar-refractivity contribution in [2.45, 2.75) is 13.0 Å². The van der Waals surface area contributed by atoms with Gasteiger partial charge in [0.1, 0.15) is 18.2 Å². The van der Waals surface area contributed by atoms with Crippen LogP contribution in [0.25, 0.3) is 0 Å². The molecule has 0 atom stereocenters. The van der Waals surface area contributed by atoms with Gasteiger partial charge in [0.15, 0.2) is 0 Å². The number of rotatable bonds is 5. The molecule has 0 saturated heterocycles. The van der Waals surface area contributed by atoms with Crippen molar-refractivity contribution in [3.05, 3.63) is 65.0 Å². The average Bonchev–Trinajstić information content (AvgIpc) is 2.45. The van der Waals surface area contributed by atoms with Gasteiger partial charge in [0.25, 0.3) is 0 Å². The molecule has 0 aromatic heterocycles. The molecular weight excluding hydrogens is 255 g/mol. The zero-order chi connectivity index (χ0) is 14.4. The van der Waals surface area contributed by atoms with Gasteiger partial charge in [0, 0.05) is 11.6 Å². The molecule has 0 fully saturated rings. The molecule has 0 radical (unpaired) electrons. The highest BCUT2D eigenvalue weighted by Gasteiger charge is 2.05. The first-order chi connectivity index (χ1) is 9.72. The van der Waals surface area contributed by atoms with Crippen molar-refractivity contribution in [2.75, 3.05) is 6.54 Å². The molecule has 3 nitrogen and oxygen atoms in total. The van der Waals surface area contributed by atoms with E-state index in [1.54, 1.807) is 18.2 Å². The third-order valence-corrected chi connectivity index (χ3v) is 2.90. The zero-order valence-electron chi connectivity index (χ0n) is 11.0. The maximum atomic E-state index is 13.4. The van der Waals surface area contributed by atoms with Crippen LogP contribution in [0.2, 0.25) is 0 Å². The van der Waals surface area contributed by atoms with Crippen molar-refractivity contribution in [3.63, 3.8) is 0 Å². The van der Waals surface area contributed by atoms with Gasteiger partial charge >= 0.3 is 0 Å². The van der Waals surface area contributed by atoms with Gasteiger partial charge in [-0.2, -0.15) is 5.26 Å². The lowest BCUT2D eigenvalue weighted by Crippen LogP contribution is -2.04. The fourth-order valence-electron chi connectivity index (χ4n) is 1.93. The van der Waals surface area contributed by atoms with E-state index in [1.165, 1.54) is 12.1 Å². The number of nitrogens with two attached hydrogens (primary N) is 1. The number of halogens is 1. The summed E-state index contributed by atoms with van der Waals surface area (Å²) in [4.78, 5) is 0. The lowest BCUT2D eigenvalue weighted by Gasteiger charge is -2.09. The summed E-state index contributed by atoms with van der Waals surface area (Å²) in [5.41, 5.74) is 7.60. The predicted octanol–water partition coefficient (Wildman–Crippen LogP) is 2.78. The summed E-state index contributed by atoms with van der Waals surface area (Å²) in [6.45, 7) is 0.690. The van der Waals surface area contributed by atoms with Gasteiger partial charge in [-0.1, -0.05) is 18.2 Å². The molecule has 0 aliphatic rings. The number of nitrogens with zero attached hydrogens (tertiary/aromatic N) is 1. The Kier molecular flexibility index (Phi) is 4.70. The lowest BCUT2D eigenvalue weighted by atomic mass is 10.1. The zero-order valence-corrected chi connectivity index (χ0v) is 11.0. The third-order valence-electron chi connectivity index (χ3n) is 2.90. The highest BCUT2D eigenvalue weighted by atomic mass is 19.1. The molecule has 2 aromatic carbocycles. The molecule has 0 amide bonds. The van der Waals surface area contributed by atoms with Crippen LogP contribution in [0.5, 0.6) is 5.75 Å². The Labute approximate surface area is 117 Å². The minimum Gasteiger partial charge on any atom is -0.489 e. The van der Waals surface area contributed by atoms with Crippen molar-refractivity contribution in [1.29, 1.82) is 5.26 Å². The Morgan fingerprint density at radius 1 is 1.20 bits per heavy atom. The van der Waals surface area contributed by atoms with Gasteiger partial charge < -0.3 is 10.5 Å². The third kappa shape index (κ3) is 3.56. The van der Waals surface area contributed by atoms with Crippen LogP contribution in [0, 0.1) is 17.1 Å². The Morgan fingerprint density at radius 2 is 2.00 bits per heavy atom. The molecule has 20 heavy (non-hydrogen) atoms. The van der Waals surface area contributed by atoms with E-state index in [1.807, 2.05) is 12.1 Å². The summed E-state index contributed by atoms with van der Waals surface area (Å²) >= 11 is 0. The van der Waals surface area contributed by atoms with Gasteiger partial charge in [0.2, 0.25) is 0 Å². The van der Waals surface area contributed by atoms with Crippen LogP contribution < -0.4 is 10.5 Å². The van der Waals surface area contributed by atoms with E-state index in [9.17, 15) is 4.39 Å². The van der Waals surface area contributed by atoms with Crippen molar-refractivity contribution in [3.8, 4) is 11.8 Å². The predicted molar refractivity (Wildman–Crippen MR) is 74.6 cm³/mol. The van der Waals surface area contributed by atoms with Crippen LogP contribution in [0.3, 0.4) is 0 Å². The van der Waals surface area contributed by atoms with Crippen LogP contribution in [-0.4, -0.2) is 6.54 Å². The fourth-order valence-corrected chi connectivity index (χ4v) is 1.93. The minimum atomic E-state index is -0.348. The topological polar surface area (TPSA) is 59.0 Å². The first-order valence-electron chi connectivity index (χ1n) is 6.33. The molecule has 0 aliphatic carbocycles. The van der Waals surface area contributed by atoms with Gasteiger partial charge in [-0.25, -0.2) is 4.39 Å². The highest BCUT2D eigenvalue weighted by molar-refractivity contribution is 5.37. The van der Waals surface area contributed by atoms with Crippen LogP contribution in [0.15, 0.2) is 42.5 Å². The molecule has 0 heterocycles. The molecule has 0 unspecified atom stereocenters. The highest BCUT2D eigenvalue weighted by Crippen LogP contribution is 2.19. The smallest absolute Gasteiger partial charge is 0.127 e. The van der Waals surface area contributed by atoms with E-state index in [0.717, 1.165) is 11.1 Å². The van der Waals surface area contributed by atoms with Crippen molar-refractivity contribution in [1.82, 2.24) is 0 Å². The molecule has 2 N–H and O–H groups in total. The number of hydrogen-bond acceptors (Lipinski definition) is 3. The quantitative estimate of drug-likeness (QED) is 0.908. The molecular formula is C16H15FN2O. The molecule has 0 spiro atoms. The summed E-state index contributed by atoms with van der Waals surface area (Å²) in [6, 6.07) is 13.8. The minimum absolute atomic E-state index is 0.231. The fraction of sp³-hybridized carbons (Fsp3) is 0.188. The standard InChI is InChI=1S/C16H15FN2O/c17-15-7-12(5-6-18)8-16(9-15)20-11-14-4-2-1-3-13(14)10-19/h1-4,7-9H,5-6,11,18H2. The molecule has 0 saturated carbocycles.